The van der Waals surface area contributed by atoms with E-state index in [2.05, 4.69) is 12.2 Å². The molecule has 3 rings (SSSR count). The number of carbonyl (C=O) groups excluding carboxylic acids is 1. The summed E-state index contributed by atoms with van der Waals surface area (Å²) < 4.78 is 5.46. The number of ether oxygens (including phenoxy) is 1. The Kier molecular flexibility index (Phi) is 3.93. The maximum Gasteiger partial charge on any atom is 0.410 e. The number of fused-ring (bicyclic) bond motifs is 1. The smallest absolute Gasteiger partial charge is 0.410 e. The van der Waals surface area contributed by atoms with Crippen LogP contribution in [0, 0.1) is 17.8 Å². The zero-order valence-corrected chi connectivity index (χ0v) is 13.9. The summed E-state index contributed by atoms with van der Waals surface area (Å²) >= 11 is 0. The number of nitrogens with one attached hydrogen (secondary N) is 1. The van der Waals surface area contributed by atoms with Crippen molar-refractivity contribution in [2.24, 2.45) is 17.8 Å². The average Bonchev–Trinajstić information content (AvgIpc) is 2.82. The predicted octanol–water partition coefficient (Wildman–Crippen LogP) is 3.02. The summed E-state index contributed by atoms with van der Waals surface area (Å²) in [7, 11) is 0. The van der Waals surface area contributed by atoms with E-state index in [9.17, 15) is 4.79 Å². The highest BCUT2D eigenvalue weighted by Crippen LogP contribution is 2.47. The van der Waals surface area contributed by atoms with E-state index in [0.29, 0.717) is 17.9 Å². The number of rotatable bonds is 3. The van der Waals surface area contributed by atoms with Crippen LogP contribution in [0.25, 0.3) is 0 Å². The number of hydrogen-bond donors (Lipinski definition) is 1. The minimum absolute atomic E-state index is 0.138. The first-order valence-corrected chi connectivity index (χ1v) is 8.63. The van der Waals surface area contributed by atoms with Gasteiger partial charge in [0.2, 0.25) is 0 Å². The SMILES string of the molecule is CCC1CCCC1NC1C2CN(C(=O)OC(C)(C)C)CC21. The van der Waals surface area contributed by atoms with Crippen molar-refractivity contribution in [1.29, 1.82) is 0 Å². The lowest BCUT2D eigenvalue weighted by Gasteiger charge is -2.27. The van der Waals surface area contributed by atoms with Crippen LogP contribution in [-0.2, 0) is 4.74 Å². The Morgan fingerprint density at radius 2 is 1.90 bits per heavy atom. The van der Waals surface area contributed by atoms with Crippen LogP contribution in [0.4, 0.5) is 4.79 Å². The quantitative estimate of drug-likeness (QED) is 0.870. The minimum atomic E-state index is -0.389. The Morgan fingerprint density at radius 1 is 1.24 bits per heavy atom. The molecule has 0 radical (unpaired) electrons. The predicted molar refractivity (Wildman–Crippen MR) is 83.1 cm³/mol. The van der Waals surface area contributed by atoms with Crippen molar-refractivity contribution in [2.75, 3.05) is 13.1 Å². The van der Waals surface area contributed by atoms with E-state index in [1.165, 1.54) is 25.7 Å². The van der Waals surface area contributed by atoms with Crippen LogP contribution >= 0.6 is 0 Å². The molecular formula is C17H30N2O2. The molecule has 4 nitrogen and oxygen atoms in total. The van der Waals surface area contributed by atoms with Crippen molar-refractivity contribution in [2.45, 2.75) is 71.1 Å². The second-order valence-electron chi connectivity index (χ2n) is 8.11. The monoisotopic (exact) mass is 294 g/mol. The average molecular weight is 294 g/mol. The third-order valence-corrected chi connectivity index (χ3v) is 5.44. The van der Waals surface area contributed by atoms with E-state index in [1.807, 2.05) is 25.7 Å². The van der Waals surface area contributed by atoms with E-state index in [4.69, 9.17) is 4.74 Å². The highest BCUT2D eigenvalue weighted by molar-refractivity contribution is 5.69. The fourth-order valence-corrected chi connectivity index (χ4v) is 4.24. The number of piperidine rings is 1. The van der Waals surface area contributed by atoms with Gasteiger partial charge in [0, 0.05) is 25.2 Å². The van der Waals surface area contributed by atoms with Crippen LogP contribution in [0.2, 0.25) is 0 Å². The first-order chi connectivity index (χ1) is 9.89. The van der Waals surface area contributed by atoms with E-state index in [0.717, 1.165) is 25.0 Å². The highest BCUT2D eigenvalue weighted by atomic mass is 16.6. The molecule has 0 aromatic heterocycles. The molecule has 1 N–H and O–H groups in total. The van der Waals surface area contributed by atoms with Crippen molar-refractivity contribution < 1.29 is 9.53 Å². The van der Waals surface area contributed by atoms with E-state index >= 15 is 0 Å². The molecule has 120 valence electrons. The molecule has 1 heterocycles. The van der Waals surface area contributed by atoms with Crippen LogP contribution in [-0.4, -0.2) is 41.8 Å². The Bertz CT molecular complexity index is 392. The molecule has 2 saturated carbocycles. The zero-order valence-electron chi connectivity index (χ0n) is 13.9. The minimum Gasteiger partial charge on any atom is -0.444 e. The summed E-state index contributed by atoms with van der Waals surface area (Å²) in [5.74, 6) is 2.19. The number of nitrogens with zero attached hydrogens (tertiary/aromatic N) is 1. The van der Waals surface area contributed by atoms with E-state index in [-0.39, 0.29) is 11.7 Å². The summed E-state index contributed by atoms with van der Waals surface area (Å²) in [5, 5.41) is 3.88. The summed E-state index contributed by atoms with van der Waals surface area (Å²) in [6, 6.07) is 1.38. The second-order valence-corrected chi connectivity index (χ2v) is 8.11. The first kappa shape index (κ1) is 15.1. The molecule has 0 aromatic carbocycles. The largest absolute Gasteiger partial charge is 0.444 e. The maximum absolute atomic E-state index is 12.1. The van der Waals surface area contributed by atoms with Crippen molar-refractivity contribution in [1.82, 2.24) is 10.2 Å². The lowest BCUT2D eigenvalue weighted by Crippen LogP contribution is -2.42. The first-order valence-electron chi connectivity index (χ1n) is 8.63. The fourth-order valence-electron chi connectivity index (χ4n) is 4.24. The lowest BCUT2D eigenvalue weighted by molar-refractivity contribution is 0.0268. The van der Waals surface area contributed by atoms with Gasteiger partial charge in [-0.15, -0.1) is 0 Å². The third-order valence-electron chi connectivity index (χ3n) is 5.44. The topological polar surface area (TPSA) is 41.6 Å². The molecule has 2 aliphatic carbocycles. The number of likely N-dealkylation sites (tertiary alicyclic amines) is 1. The van der Waals surface area contributed by atoms with Crippen LogP contribution in [0.5, 0.6) is 0 Å². The van der Waals surface area contributed by atoms with E-state index < -0.39 is 0 Å². The van der Waals surface area contributed by atoms with Crippen molar-refractivity contribution in [3.05, 3.63) is 0 Å². The molecule has 1 aliphatic heterocycles. The normalized spacial score (nSPS) is 38.5. The molecule has 0 spiro atoms. The molecule has 1 amide bonds. The molecule has 21 heavy (non-hydrogen) atoms. The standard InChI is InChI=1S/C17H30N2O2/c1-5-11-7-6-8-14(11)18-15-12-9-19(10-13(12)15)16(20)21-17(2,3)4/h11-15,18H,5-10H2,1-4H3. The molecule has 3 aliphatic rings. The van der Waals surface area contributed by atoms with Gasteiger partial charge in [-0.3, -0.25) is 0 Å². The van der Waals surface area contributed by atoms with Gasteiger partial charge in [0.05, 0.1) is 0 Å². The summed E-state index contributed by atoms with van der Waals surface area (Å²) in [6.07, 6.45) is 5.26. The molecule has 3 fully saturated rings. The van der Waals surface area contributed by atoms with Gasteiger partial charge in [-0.25, -0.2) is 4.79 Å². The number of hydrogen-bond acceptors (Lipinski definition) is 3. The summed E-state index contributed by atoms with van der Waals surface area (Å²) in [4.78, 5) is 14.0. The van der Waals surface area contributed by atoms with Crippen LogP contribution < -0.4 is 5.32 Å². The third kappa shape index (κ3) is 3.20. The second kappa shape index (κ2) is 5.45. The highest BCUT2D eigenvalue weighted by Gasteiger charge is 2.57. The molecule has 0 aromatic rings. The zero-order chi connectivity index (χ0) is 15.2. The molecule has 4 unspecified atom stereocenters. The van der Waals surface area contributed by atoms with Gasteiger partial charge in [0.15, 0.2) is 0 Å². The molecule has 4 heteroatoms. The number of carbonyl (C=O) groups is 1. The van der Waals surface area contributed by atoms with Crippen molar-refractivity contribution >= 4 is 6.09 Å². The van der Waals surface area contributed by atoms with Crippen molar-refractivity contribution in [3.8, 4) is 0 Å². The Labute approximate surface area is 128 Å². The molecular weight excluding hydrogens is 264 g/mol. The van der Waals surface area contributed by atoms with Crippen LogP contribution in [0.1, 0.15) is 53.4 Å². The Morgan fingerprint density at radius 3 is 2.48 bits per heavy atom. The van der Waals surface area contributed by atoms with Gasteiger partial charge in [-0.05, 0) is 51.4 Å². The summed E-state index contributed by atoms with van der Waals surface area (Å²) in [6.45, 7) is 9.84. The van der Waals surface area contributed by atoms with Gasteiger partial charge >= 0.3 is 6.09 Å². The molecule has 4 atom stereocenters. The maximum atomic E-state index is 12.1. The van der Waals surface area contributed by atoms with Crippen LogP contribution in [0.15, 0.2) is 0 Å². The lowest BCUT2D eigenvalue weighted by atomic mass is 10.0. The van der Waals surface area contributed by atoms with Gasteiger partial charge in [0.1, 0.15) is 5.60 Å². The fraction of sp³-hybridized carbons (Fsp3) is 0.941. The summed E-state index contributed by atoms with van der Waals surface area (Å²) in [5.41, 5.74) is -0.389. The van der Waals surface area contributed by atoms with Gasteiger partial charge in [-0.2, -0.15) is 0 Å². The van der Waals surface area contributed by atoms with E-state index in [1.54, 1.807) is 0 Å². The van der Waals surface area contributed by atoms with Crippen molar-refractivity contribution in [3.63, 3.8) is 0 Å². The van der Waals surface area contributed by atoms with Crippen LogP contribution in [0.3, 0.4) is 0 Å². The number of amides is 1. The Hall–Kier alpha value is -0.770. The Balaban J connectivity index is 1.45. The van der Waals surface area contributed by atoms with Gasteiger partial charge in [-0.1, -0.05) is 19.8 Å². The molecule has 0 bridgehead atoms. The van der Waals surface area contributed by atoms with Gasteiger partial charge < -0.3 is 15.0 Å². The molecule has 1 saturated heterocycles. The van der Waals surface area contributed by atoms with Gasteiger partial charge in [0.25, 0.3) is 0 Å².